The van der Waals surface area contributed by atoms with Gasteiger partial charge in [0, 0.05) is 0 Å². The molecule has 0 spiro atoms. The molecule has 7 aliphatic rings. The van der Waals surface area contributed by atoms with E-state index in [9.17, 15) is 0 Å². The summed E-state index contributed by atoms with van der Waals surface area (Å²) in [7, 11) is 0. The van der Waals surface area contributed by atoms with Gasteiger partial charge in [-0.2, -0.15) is 0 Å². The molecule has 7 fully saturated rings. The second kappa shape index (κ2) is 10.9. The van der Waals surface area contributed by atoms with E-state index >= 15 is 0 Å². The van der Waals surface area contributed by atoms with Gasteiger partial charge in [0.05, 0.1) is 79.3 Å². The fourth-order valence-corrected chi connectivity index (χ4v) is 4.56. The first-order chi connectivity index (χ1) is 17.8. The molecule has 6 aliphatic heterocycles. The van der Waals surface area contributed by atoms with E-state index in [2.05, 4.69) is 0 Å². The van der Waals surface area contributed by atoms with Gasteiger partial charge in [0.25, 0.3) is 0 Å². The van der Waals surface area contributed by atoms with Gasteiger partial charge in [-0.1, -0.05) is 0 Å². The zero-order valence-electron chi connectivity index (χ0n) is 20.3. The Balaban J connectivity index is 1.16. The van der Waals surface area contributed by atoms with Crippen LogP contribution in [0.5, 0.6) is 0 Å². The minimum Gasteiger partial charge on any atom is -0.371 e. The zero-order chi connectivity index (χ0) is 23.9. The summed E-state index contributed by atoms with van der Waals surface area (Å²) in [6.07, 6.45) is -2.23. The molecule has 1 aliphatic carbocycles. The number of hydrogen-bond acceptors (Lipinski definition) is 12. The monoisotopic (exact) mass is 516 g/mol. The van der Waals surface area contributed by atoms with Crippen LogP contribution in [0.3, 0.4) is 0 Å². The lowest BCUT2D eigenvalue weighted by Crippen LogP contribution is -2.68. The second-order valence-corrected chi connectivity index (χ2v) is 10.5. The quantitative estimate of drug-likeness (QED) is 0.201. The average Bonchev–Trinajstić information content (AvgIpc) is 3.67. The van der Waals surface area contributed by atoms with Gasteiger partial charge < -0.3 is 56.8 Å². The Morgan fingerprint density at radius 2 is 0.444 bits per heavy atom. The topological polar surface area (TPSA) is 131 Å². The van der Waals surface area contributed by atoms with Crippen LogP contribution in [0.1, 0.15) is 0 Å². The zero-order valence-corrected chi connectivity index (χ0v) is 20.3. The molecular weight excluding hydrogens is 480 g/mol. The summed E-state index contributed by atoms with van der Waals surface area (Å²) in [5.41, 5.74) is 0. The van der Waals surface area contributed by atoms with Crippen molar-refractivity contribution >= 4 is 0 Å². The summed E-state index contributed by atoms with van der Waals surface area (Å²) in [5, 5.41) is 0. The second-order valence-electron chi connectivity index (χ2n) is 10.5. The van der Waals surface area contributed by atoms with Crippen molar-refractivity contribution in [2.75, 3.05) is 79.3 Å². The molecule has 6 unspecified atom stereocenters. The highest BCUT2D eigenvalue weighted by Crippen LogP contribution is 2.36. The first-order valence-corrected chi connectivity index (χ1v) is 13.2. The lowest BCUT2D eigenvalue weighted by Gasteiger charge is -2.49. The van der Waals surface area contributed by atoms with Gasteiger partial charge in [-0.3, -0.25) is 0 Å². The highest BCUT2D eigenvalue weighted by molar-refractivity contribution is 5.05. The third-order valence-electron chi connectivity index (χ3n) is 7.20. The van der Waals surface area contributed by atoms with E-state index in [1.54, 1.807) is 0 Å². The van der Waals surface area contributed by atoms with Gasteiger partial charge in [0.1, 0.15) is 73.2 Å². The number of hydrogen-bond donors (Lipinski definition) is 0. The van der Waals surface area contributed by atoms with Crippen molar-refractivity contribution in [3.05, 3.63) is 0 Å². The van der Waals surface area contributed by atoms with Gasteiger partial charge in [0.2, 0.25) is 0 Å². The molecular formula is C24H36O12. The van der Waals surface area contributed by atoms with Crippen LogP contribution >= 0.6 is 0 Å². The van der Waals surface area contributed by atoms with Crippen LogP contribution in [0.25, 0.3) is 0 Å². The Hall–Kier alpha value is -0.480. The molecule has 1 saturated carbocycles. The molecule has 0 aromatic heterocycles. The van der Waals surface area contributed by atoms with Crippen molar-refractivity contribution in [2.45, 2.75) is 73.2 Å². The standard InChI is InChI=1S/C24H36O12/c1-13(25-1)7-31-19-20(32-8-14-2-26-14)22(34-10-16-4-28-16)24(36-12-18-6-30-18)23(35-11-17-5-29-17)21(19)33-9-15-3-27-15/h13-24H,1-12H2/t13?,14?,15?,16?,17?,18?,19-,20-,21-,22+,23-,24-. The fourth-order valence-electron chi connectivity index (χ4n) is 4.56. The molecule has 0 bridgehead atoms. The predicted molar refractivity (Wildman–Crippen MR) is 117 cm³/mol. The molecule has 7 rings (SSSR count). The van der Waals surface area contributed by atoms with E-state index in [1.165, 1.54) is 0 Å². The summed E-state index contributed by atoms with van der Waals surface area (Å²) in [5.74, 6) is 0. The van der Waals surface area contributed by atoms with Crippen LogP contribution in [0.2, 0.25) is 0 Å². The van der Waals surface area contributed by atoms with Gasteiger partial charge >= 0.3 is 0 Å². The van der Waals surface area contributed by atoms with Gasteiger partial charge in [0.15, 0.2) is 0 Å². The largest absolute Gasteiger partial charge is 0.371 e. The van der Waals surface area contributed by atoms with Crippen molar-refractivity contribution in [2.24, 2.45) is 0 Å². The van der Waals surface area contributed by atoms with Crippen molar-refractivity contribution in [3.63, 3.8) is 0 Å². The average molecular weight is 517 g/mol. The maximum absolute atomic E-state index is 6.47. The first kappa shape index (κ1) is 24.6. The molecule has 6 saturated heterocycles. The Morgan fingerprint density at radius 1 is 0.306 bits per heavy atom. The molecule has 0 N–H and O–H groups in total. The van der Waals surface area contributed by atoms with Crippen molar-refractivity contribution in [3.8, 4) is 0 Å². The van der Waals surface area contributed by atoms with Crippen LogP contribution in [-0.4, -0.2) is 153 Å². The Morgan fingerprint density at radius 3 is 0.556 bits per heavy atom. The Bertz CT molecular complexity index is 551. The molecule has 0 radical (unpaired) electrons. The fraction of sp³-hybridized carbons (Fsp3) is 1.00. The molecule has 12 nitrogen and oxygen atoms in total. The molecule has 6 atom stereocenters. The van der Waals surface area contributed by atoms with Gasteiger partial charge in [-0.05, 0) is 0 Å². The summed E-state index contributed by atoms with van der Waals surface area (Å²) in [6.45, 7) is 6.85. The minimum atomic E-state index is -0.459. The minimum absolute atomic E-state index is 0.0873. The number of ether oxygens (including phenoxy) is 12. The third-order valence-corrected chi connectivity index (χ3v) is 7.20. The lowest BCUT2D eigenvalue weighted by molar-refractivity contribution is -0.284. The SMILES string of the molecule is C1OC1CO[C@H]1[C@H](OCC2CO2)[C@@H](OCC2CO2)[C@H](OCC2CO2)[C@@H](OCC2CO2)[C@H]1OCC1CO1. The van der Waals surface area contributed by atoms with Crippen LogP contribution in [-0.2, 0) is 56.8 Å². The molecule has 0 aromatic carbocycles. The van der Waals surface area contributed by atoms with Crippen molar-refractivity contribution < 1.29 is 56.8 Å². The van der Waals surface area contributed by atoms with E-state index < -0.39 is 36.6 Å². The first-order valence-electron chi connectivity index (χ1n) is 13.2. The molecule has 6 heterocycles. The molecule has 204 valence electrons. The summed E-state index contributed by atoms with van der Waals surface area (Å²) in [6, 6.07) is 0. The molecule has 0 aromatic rings. The van der Waals surface area contributed by atoms with Crippen LogP contribution in [0.15, 0.2) is 0 Å². The Kier molecular flexibility index (Phi) is 7.47. The van der Waals surface area contributed by atoms with E-state index in [1.807, 2.05) is 0 Å². The Labute approximate surface area is 209 Å². The summed E-state index contributed by atoms with van der Waals surface area (Å²) < 4.78 is 71.4. The molecule has 36 heavy (non-hydrogen) atoms. The van der Waals surface area contributed by atoms with Gasteiger partial charge in [-0.15, -0.1) is 0 Å². The van der Waals surface area contributed by atoms with Gasteiger partial charge in [-0.25, -0.2) is 0 Å². The smallest absolute Gasteiger partial charge is 0.115 e. The van der Waals surface area contributed by atoms with Crippen LogP contribution in [0.4, 0.5) is 0 Å². The normalized spacial score (nSPS) is 48.0. The van der Waals surface area contributed by atoms with E-state index in [-0.39, 0.29) is 36.6 Å². The van der Waals surface area contributed by atoms with E-state index in [0.29, 0.717) is 79.3 Å². The predicted octanol–water partition coefficient (Wildman–Crippen LogP) is -1.30. The highest BCUT2D eigenvalue weighted by atomic mass is 16.7. The van der Waals surface area contributed by atoms with E-state index in [0.717, 1.165) is 0 Å². The van der Waals surface area contributed by atoms with E-state index in [4.69, 9.17) is 56.8 Å². The molecule has 12 heteroatoms. The molecule has 0 amide bonds. The van der Waals surface area contributed by atoms with Crippen LogP contribution < -0.4 is 0 Å². The maximum atomic E-state index is 6.47. The van der Waals surface area contributed by atoms with Crippen molar-refractivity contribution in [1.82, 2.24) is 0 Å². The third kappa shape index (κ3) is 6.93. The van der Waals surface area contributed by atoms with Crippen molar-refractivity contribution in [1.29, 1.82) is 0 Å². The van der Waals surface area contributed by atoms with Crippen LogP contribution in [0, 0.1) is 0 Å². The summed E-state index contributed by atoms with van der Waals surface area (Å²) >= 11 is 0. The maximum Gasteiger partial charge on any atom is 0.115 e. The number of epoxide rings is 6. The lowest BCUT2D eigenvalue weighted by atomic mass is 9.83. The number of rotatable bonds is 18. The highest BCUT2D eigenvalue weighted by Gasteiger charge is 2.56. The summed E-state index contributed by atoms with van der Waals surface area (Å²) in [4.78, 5) is 0.